The zero-order chi connectivity index (χ0) is 27.5. The number of rotatable bonds is 9. The average molecular weight is 528 g/mol. The minimum atomic E-state index is -0.413. The lowest BCUT2D eigenvalue weighted by Crippen LogP contribution is -2.40. The predicted octanol–water partition coefficient (Wildman–Crippen LogP) is 2.47. The standard InChI is InChI=1S/C27H29N9O3/c1-4-5-14-35-25-23(29-22(30-25)15-18-8-12-21(13-9-18)28-17(2)37)26(38)36(27(35)39)16-19-6-10-20(11-7-19)24-31-32-33-34(24)3/h6-13H,4-5,14-16H2,1-3H3,(H,28,37)(H,29,30). The maximum atomic E-state index is 13.5. The molecule has 0 radical (unpaired) electrons. The minimum Gasteiger partial charge on any atom is -0.336 e. The van der Waals surface area contributed by atoms with Crippen molar-refractivity contribution in [2.45, 2.75) is 46.2 Å². The summed E-state index contributed by atoms with van der Waals surface area (Å²) in [5.41, 5.74) is 3.15. The Hall–Kier alpha value is -4.87. The number of aromatic nitrogens is 8. The molecule has 3 heterocycles. The molecule has 0 saturated heterocycles. The first kappa shape index (κ1) is 25.8. The first-order valence-electron chi connectivity index (χ1n) is 12.7. The normalized spacial score (nSPS) is 11.3. The molecule has 2 aromatic carbocycles. The SMILES string of the molecule is CCCCn1c(=O)n(Cc2ccc(-c3nnnn3C)cc2)c(=O)c2[nH]c(Cc3ccc(NC(C)=O)cc3)nc21. The lowest BCUT2D eigenvalue weighted by atomic mass is 10.1. The third-order valence-corrected chi connectivity index (χ3v) is 6.46. The number of fused-ring (bicyclic) bond motifs is 1. The third kappa shape index (κ3) is 5.40. The largest absolute Gasteiger partial charge is 0.336 e. The van der Waals surface area contributed by atoms with Gasteiger partial charge in [0.25, 0.3) is 5.56 Å². The second-order valence-corrected chi connectivity index (χ2v) is 9.44. The first-order chi connectivity index (χ1) is 18.8. The molecule has 0 aliphatic rings. The number of hydrogen-bond acceptors (Lipinski definition) is 7. The molecule has 39 heavy (non-hydrogen) atoms. The molecule has 2 N–H and O–H groups in total. The van der Waals surface area contributed by atoms with Gasteiger partial charge in [-0.2, -0.15) is 0 Å². The molecule has 0 saturated carbocycles. The first-order valence-corrected chi connectivity index (χ1v) is 12.7. The summed E-state index contributed by atoms with van der Waals surface area (Å²) < 4.78 is 4.41. The molecular formula is C27H29N9O3. The van der Waals surface area contributed by atoms with E-state index in [9.17, 15) is 14.4 Å². The molecule has 3 aromatic heterocycles. The summed E-state index contributed by atoms with van der Waals surface area (Å²) in [5.74, 6) is 1.07. The van der Waals surface area contributed by atoms with Gasteiger partial charge in [0.2, 0.25) is 5.91 Å². The van der Waals surface area contributed by atoms with E-state index in [2.05, 4.69) is 30.8 Å². The van der Waals surface area contributed by atoms with Gasteiger partial charge in [-0.25, -0.2) is 14.5 Å². The number of nitrogens with one attached hydrogen (secondary N) is 2. The topological polar surface area (TPSA) is 145 Å². The van der Waals surface area contributed by atoms with E-state index in [1.807, 2.05) is 55.5 Å². The molecule has 1 amide bonds. The lowest BCUT2D eigenvalue weighted by Gasteiger charge is -2.11. The molecule has 0 unspecified atom stereocenters. The quantitative estimate of drug-likeness (QED) is 0.299. The van der Waals surface area contributed by atoms with Crippen LogP contribution in [0.3, 0.4) is 0 Å². The second kappa shape index (κ2) is 10.9. The van der Waals surface area contributed by atoms with Crippen molar-refractivity contribution in [1.82, 2.24) is 39.3 Å². The van der Waals surface area contributed by atoms with Gasteiger partial charge in [0, 0.05) is 38.2 Å². The van der Waals surface area contributed by atoms with E-state index in [4.69, 9.17) is 0 Å². The van der Waals surface area contributed by atoms with Crippen LogP contribution < -0.4 is 16.6 Å². The zero-order valence-electron chi connectivity index (χ0n) is 22.0. The Kier molecular flexibility index (Phi) is 7.17. The number of unbranched alkanes of at least 4 members (excludes halogenated alkanes) is 1. The number of carbonyl (C=O) groups is 1. The van der Waals surface area contributed by atoms with Gasteiger partial charge in [-0.15, -0.1) is 5.10 Å². The van der Waals surface area contributed by atoms with Crippen LogP contribution in [0.5, 0.6) is 0 Å². The van der Waals surface area contributed by atoms with E-state index < -0.39 is 5.56 Å². The van der Waals surface area contributed by atoms with Crippen molar-refractivity contribution in [1.29, 1.82) is 0 Å². The summed E-state index contributed by atoms with van der Waals surface area (Å²) >= 11 is 0. The molecule has 12 heteroatoms. The lowest BCUT2D eigenvalue weighted by molar-refractivity contribution is -0.114. The molecule has 5 aromatic rings. The van der Waals surface area contributed by atoms with Gasteiger partial charge in [-0.1, -0.05) is 49.7 Å². The van der Waals surface area contributed by atoms with E-state index in [-0.39, 0.29) is 18.1 Å². The van der Waals surface area contributed by atoms with Crippen molar-refractivity contribution < 1.29 is 4.79 Å². The van der Waals surface area contributed by atoms with Gasteiger partial charge >= 0.3 is 5.69 Å². The fourth-order valence-corrected chi connectivity index (χ4v) is 4.47. The van der Waals surface area contributed by atoms with E-state index in [0.29, 0.717) is 41.5 Å². The summed E-state index contributed by atoms with van der Waals surface area (Å²) in [5, 5.41) is 14.3. The molecule has 0 bridgehead atoms. The Balaban J connectivity index is 1.48. The Bertz CT molecular complexity index is 1740. The van der Waals surface area contributed by atoms with Gasteiger partial charge in [0.15, 0.2) is 11.5 Å². The number of H-pyrrole nitrogens is 1. The van der Waals surface area contributed by atoms with Crippen LogP contribution in [0.15, 0.2) is 58.1 Å². The average Bonchev–Trinajstić information content (AvgIpc) is 3.54. The fourth-order valence-electron chi connectivity index (χ4n) is 4.47. The number of aryl methyl sites for hydroxylation is 2. The van der Waals surface area contributed by atoms with Crippen molar-refractivity contribution in [3.63, 3.8) is 0 Å². The molecule has 5 rings (SSSR count). The predicted molar refractivity (Wildman–Crippen MR) is 146 cm³/mol. The number of hydrogen-bond donors (Lipinski definition) is 2. The number of aromatic amines is 1. The van der Waals surface area contributed by atoms with Gasteiger partial charge in [-0.05, 0) is 40.1 Å². The van der Waals surface area contributed by atoms with Crippen molar-refractivity contribution >= 4 is 22.8 Å². The van der Waals surface area contributed by atoms with Crippen LogP contribution in [0.4, 0.5) is 5.69 Å². The Labute approximate surface area is 223 Å². The minimum absolute atomic E-state index is 0.121. The van der Waals surface area contributed by atoms with Gasteiger partial charge < -0.3 is 10.3 Å². The van der Waals surface area contributed by atoms with Crippen molar-refractivity contribution in [2.24, 2.45) is 7.05 Å². The van der Waals surface area contributed by atoms with Crippen LogP contribution in [0.25, 0.3) is 22.6 Å². The van der Waals surface area contributed by atoms with Gasteiger partial charge in [0.1, 0.15) is 11.3 Å². The zero-order valence-corrected chi connectivity index (χ0v) is 22.0. The summed E-state index contributed by atoms with van der Waals surface area (Å²) in [7, 11) is 1.76. The number of tetrazole rings is 1. The summed E-state index contributed by atoms with van der Waals surface area (Å²) in [6.45, 7) is 4.09. The van der Waals surface area contributed by atoms with Crippen LogP contribution >= 0.6 is 0 Å². The Morgan fingerprint density at radius 3 is 2.36 bits per heavy atom. The third-order valence-electron chi connectivity index (χ3n) is 6.46. The maximum absolute atomic E-state index is 13.5. The van der Waals surface area contributed by atoms with Crippen LogP contribution in [0.2, 0.25) is 0 Å². The molecule has 0 atom stereocenters. The smallest absolute Gasteiger partial charge is 0.333 e. The highest BCUT2D eigenvalue weighted by Crippen LogP contribution is 2.17. The number of amides is 1. The van der Waals surface area contributed by atoms with E-state index >= 15 is 0 Å². The number of benzene rings is 2. The van der Waals surface area contributed by atoms with Crippen molar-refractivity contribution in [3.8, 4) is 11.4 Å². The Morgan fingerprint density at radius 1 is 1.00 bits per heavy atom. The highest BCUT2D eigenvalue weighted by molar-refractivity contribution is 5.88. The molecule has 200 valence electrons. The van der Waals surface area contributed by atoms with Crippen molar-refractivity contribution in [2.75, 3.05) is 5.32 Å². The monoisotopic (exact) mass is 527 g/mol. The molecule has 0 fully saturated rings. The molecule has 0 aliphatic heterocycles. The van der Waals surface area contributed by atoms with E-state index in [0.717, 1.165) is 29.5 Å². The molecule has 12 nitrogen and oxygen atoms in total. The van der Waals surface area contributed by atoms with Gasteiger partial charge in [-0.3, -0.25) is 18.7 Å². The van der Waals surface area contributed by atoms with Crippen LogP contribution in [-0.2, 0) is 31.4 Å². The highest BCUT2D eigenvalue weighted by atomic mass is 16.2. The molecule has 0 aliphatic carbocycles. The summed E-state index contributed by atoms with van der Waals surface area (Å²) in [6.07, 6.45) is 2.11. The number of imidazole rings is 1. The van der Waals surface area contributed by atoms with Crippen LogP contribution in [0.1, 0.15) is 43.6 Å². The number of nitrogens with zero attached hydrogens (tertiary/aromatic N) is 7. The number of anilines is 1. The number of carbonyl (C=O) groups excluding carboxylic acids is 1. The second-order valence-electron chi connectivity index (χ2n) is 9.44. The molecular weight excluding hydrogens is 498 g/mol. The summed E-state index contributed by atoms with van der Waals surface area (Å²) in [6, 6.07) is 14.9. The van der Waals surface area contributed by atoms with E-state index in [1.165, 1.54) is 11.5 Å². The van der Waals surface area contributed by atoms with Crippen molar-refractivity contribution in [3.05, 3.63) is 86.3 Å². The van der Waals surface area contributed by atoms with Gasteiger partial charge in [0.05, 0.1) is 6.54 Å². The summed E-state index contributed by atoms with van der Waals surface area (Å²) in [4.78, 5) is 46.1. The highest BCUT2D eigenvalue weighted by Gasteiger charge is 2.18. The van der Waals surface area contributed by atoms with Crippen LogP contribution in [-0.4, -0.2) is 45.2 Å². The molecule has 0 spiro atoms. The Morgan fingerprint density at radius 2 is 1.72 bits per heavy atom. The maximum Gasteiger partial charge on any atom is 0.333 e. The fraction of sp³-hybridized carbons (Fsp3) is 0.296. The van der Waals surface area contributed by atoms with E-state index in [1.54, 1.807) is 16.3 Å². The van der Waals surface area contributed by atoms with Crippen LogP contribution in [0, 0.1) is 0 Å².